The van der Waals surface area contributed by atoms with Crippen LogP contribution in [0.3, 0.4) is 0 Å². The van der Waals surface area contributed by atoms with Crippen molar-refractivity contribution >= 4 is 21.7 Å². The summed E-state index contributed by atoms with van der Waals surface area (Å²) in [4.78, 5) is 19.3. The zero-order valence-corrected chi connectivity index (χ0v) is 16.3. The maximum atomic E-state index is 13.0. The summed E-state index contributed by atoms with van der Waals surface area (Å²) in [5, 5.41) is 8.33. The van der Waals surface area contributed by atoms with E-state index in [2.05, 4.69) is 49.9 Å². The first-order valence-corrected chi connectivity index (χ1v) is 9.29. The summed E-state index contributed by atoms with van der Waals surface area (Å²) >= 11 is 3.47. The highest BCUT2D eigenvalue weighted by atomic mass is 79.9. The summed E-state index contributed by atoms with van der Waals surface area (Å²) in [6.45, 7) is 6.75. The smallest absolute Gasteiger partial charge is 0.195 e. The van der Waals surface area contributed by atoms with Gasteiger partial charge in [0.25, 0.3) is 0 Å². The number of aromatic nitrogens is 4. The molecule has 26 heavy (non-hydrogen) atoms. The Bertz CT molecular complexity index is 890. The first-order chi connectivity index (χ1) is 12.6. The van der Waals surface area contributed by atoms with E-state index in [-0.39, 0.29) is 5.78 Å². The summed E-state index contributed by atoms with van der Waals surface area (Å²) in [5.74, 6) is 0.742. The Morgan fingerprint density at radius 3 is 2.58 bits per heavy atom. The molecule has 0 N–H and O–H groups in total. The molecule has 1 aromatic carbocycles. The largest absolute Gasteiger partial charge is 0.296 e. The Morgan fingerprint density at radius 2 is 1.88 bits per heavy atom. The van der Waals surface area contributed by atoms with Crippen molar-refractivity contribution in [1.29, 1.82) is 0 Å². The molecular formula is C19H20BrN5O. The number of hydrogen-bond donors (Lipinski definition) is 0. The fourth-order valence-electron chi connectivity index (χ4n) is 2.77. The summed E-state index contributed by atoms with van der Waals surface area (Å²) in [6.07, 6.45) is 4.90. The Hall–Kier alpha value is -2.38. The van der Waals surface area contributed by atoms with E-state index in [1.165, 1.54) is 0 Å². The molecule has 0 spiro atoms. The summed E-state index contributed by atoms with van der Waals surface area (Å²) in [5.41, 5.74) is 1.95. The van der Waals surface area contributed by atoms with Gasteiger partial charge in [-0.25, -0.2) is 0 Å². The molecular weight excluding hydrogens is 394 g/mol. The molecule has 2 heterocycles. The zero-order chi connectivity index (χ0) is 18.5. The van der Waals surface area contributed by atoms with E-state index in [4.69, 9.17) is 0 Å². The topological polar surface area (TPSA) is 63.9 Å². The van der Waals surface area contributed by atoms with Crippen LogP contribution in [-0.4, -0.2) is 43.5 Å². The molecule has 0 aliphatic rings. The van der Waals surface area contributed by atoms with Crippen LogP contribution >= 0.6 is 15.9 Å². The van der Waals surface area contributed by atoms with Crippen LogP contribution < -0.4 is 0 Å². The molecule has 0 fully saturated rings. The molecule has 2 aromatic heterocycles. The molecule has 7 heteroatoms. The standard InChI is InChI=1S/C19H20BrN5O/c1-3-24(4-2)12-18-23-22-13-25(18)17-6-5-15(20)11-16(17)19(26)14-7-9-21-10-8-14/h5-11,13H,3-4,12H2,1-2H3. The third-order valence-corrected chi connectivity index (χ3v) is 4.78. The van der Waals surface area contributed by atoms with Gasteiger partial charge in [-0.05, 0) is 43.4 Å². The first-order valence-electron chi connectivity index (χ1n) is 8.50. The fraction of sp³-hybridized carbons (Fsp3) is 0.263. The molecule has 0 aliphatic carbocycles. The zero-order valence-electron chi connectivity index (χ0n) is 14.8. The molecule has 0 saturated heterocycles. The van der Waals surface area contributed by atoms with Gasteiger partial charge >= 0.3 is 0 Å². The number of hydrogen-bond acceptors (Lipinski definition) is 5. The average molecular weight is 414 g/mol. The van der Waals surface area contributed by atoms with Crippen molar-refractivity contribution in [1.82, 2.24) is 24.6 Å². The molecule has 0 bridgehead atoms. The van der Waals surface area contributed by atoms with E-state index < -0.39 is 0 Å². The SMILES string of the molecule is CCN(CC)Cc1nncn1-c1ccc(Br)cc1C(=O)c1ccncc1. The summed E-state index contributed by atoms with van der Waals surface area (Å²) < 4.78 is 2.73. The highest BCUT2D eigenvalue weighted by Gasteiger charge is 2.18. The normalized spacial score (nSPS) is 11.1. The Balaban J connectivity index is 2.05. The fourth-order valence-corrected chi connectivity index (χ4v) is 3.14. The minimum Gasteiger partial charge on any atom is -0.296 e. The second-order valence-corrected chi connectivity index (χ2v) is 6.72. The van der Waals surface area contributed by atoms with Gasteiger partial charge in [0, 0.05) is 28.0 Å². The highest BCUT2D eigenvalue weighted by Crippen LogP contribution is 2.24. The van der Waals surface area contributed by atoms with Gasteiger partial charge in [-0.15, -0.1) is 10.2 Å². The van der Waals surface area contributed by atoms with Crippen molar-refractivity contribution in [2.24, 2.45) is 0 Å². The van der Waals surface area contributed by atoms with Crippen LogP contribution in [-0.2, 0) is 6.54 Å². The maximum Gasteiger partial charge on any atom is 0.195 e. The van der Waals surface area contributed by atoms with E-state index in [1.807, 2.05) is 22.8 Å². The molecule has 0 unspecified atom stereocenters. The van der Waals surface area contributed by atoms with E-state index in [1.54, 1.807) is 30.9 Å². The third kappa shape index (κ3) is 3.89. The number of nitrogens with zero attached hydrogens (tertiary/aromatic N) is 5. The van der Waals surface area contributed by atoms with Crippen molar-refractivity contribution in [2.45, 2.75) is 20.4 Å². The Labute approximate surface area is 161 Å². The van der Waals surface area contributed by atoms with E-state index >= 15 is 0 Å². The lowest BCUT2D eigenvalue weighted by molar-refractivity contribution is 0.103. The molecule has 3 aromatic rings. The monoisotopic (exact) mass is 413 g/mol. The summed E-state index contributed by atoms with van der Waals surface area (Å²) in [6, 6.07) is 9.10. The van der Waals surface area contributed by atoms with E-state index in [0.717, 1.165) is 29.1 Å². The lowest BCUT2D eigenvalue weighted by Crippen LogP contribution is -2.24. The van der Waals surface area contributed by atoms with Gasteiger partial charge in [0.15, 0.2) is 11.6 Å². The van der Waals surface area contributed by atoms with Crippen LogP contribution in [0.15, 0.2) is 53.5 Å². The Morgan fingerprint density at radius 1 is 1.15 bits per heavy atom. The molecule has 0 atom stereocenters. The maximum absolute atomic E-state index is 13.0. The van der Waals surface area contributed by atoms with Crippen LogP contribution in [0, 0.1) is 0 Å². The highest BCUT2D eigenvalue weighted by molar-refractivity contribution is 9.10. The van der Waals surface area contributed by atoms with Crippen molar-refractivity contribution in [3.05, 3.63) is 70.5 Å². The van der Waals surface area contributed by atoms with Crippen molar-refractivity contribution in [3.63, 3.8) is 0 Å². The lowest BCUT2D eigenvalue weighted by Gasteiger charge is -2.18. The van der Waals surface area contributed by atoms with Gasteiger partial charge in [-0.2, -0.15) is 0 Å². The van der Waals surface area contributed by atoms with E-state index in [0.29, 0.717) is 17.7 Å². The number of rotatable bonds is 7. The van der Waals surface area contributed by atoms with Crippen LogP contribution in [0.2, 0.25) is 0 Å². The number of carbonyl (C=O) groups excluding carboxylic acids is 1. The first kappa shape index (κ1) is 18.4. The minimum atomic E-state index is -0.0637. The van der Waals surface area contributed by atoms with Gasteiger partial charge in [0.1, 0.15) is 6.33 Å². The number of benzene rings is 1. The Kier molecular flexibility index (Phi) is 5.90. The molecule has 0 radical (unpaired) electrons. The second-order valence-electron chi connectivity index (χ2n) is 5.81. The number of carbonyl (C=O) groups is 1. The number of pyridine rings is 1. The van der Waals surface area contributed by atoms with Crippen molar-refractivity contribution in [2.75, 3.05) is 13.1 Å². The van der Waals surface area contributed by atoms with Crippen LogP contribution in [0.4, 0.5) is 0 Å². The van der Waals surface area contributed by atoms with Crippen LogP contribution in [0.25, 0.3) is 5.69 Å². The van der Waals surface area contributed by atoms with Gasteiger partial charge in [0.05, 0.1) is 12.2 Å². The quantitative estimate of drug-likeness (QED) is 0.554. The second kappa shape index (κ2) is 8.33. The van der Waals surface area contributed by atoms with Gasteiger partial charge in [0.2, 0.25) is 0 Å². The molecule has 3 rings (SSSR count). The summed E-state index contributed by atoms with van der Waals surface area (Å²) in [7, 11) is 0. The molecule has 0 amide bonds. The van der Waals surface area contributed by atoms with Crippen LogP contribution in [0.5, 0.6) is 0 Å². The van der Waals surface area contributed by atoms with Gasteiger partial charge in [-0.3, -0.25) is 19.2 Å². The third-order valence-electron chi connectivity index (χ3n) is 4.28. The molecule has 6 nitrogen and oxygen atoms in total. The molecule has 134 valence electrons. The van der Waals surface area contributed by atoms with Crippen molar-refractivity contribution in [3.8, 4) is 5.69 Å². The van der Waals surface area contributed by atoms with Gasteiger partial charge < -0.3 is 0 Å². The molecule has 0 saturated carbocycles. The number of ketones is 1. The van der Waals surface area contributed by atoms with Gasteiger partial charge in [-0.1, -0.05) is 29.8 Å². The average Bonchev–Trinajstić information content (AvgIpc) is 3.14. The predicted molar refractivity (Wildman–Crippen MR) is 103 cm³/mol. The van der Waals surface area contributed by atoms with E-state index in [9.17, 15) is 4.79 Å². The van der Waals surface area contributed by atoms with Crippen molar-refractivity contribution < 1.29 is 4.79 Å². The minimum absolute atomic E-state index is 0.0637. The molecule has 0 aliphatic heterocycles. The van der Waals surface area contributed by atoms with Crippen LogP contribution in [0.1, 0.15) is 35.6 Å². The number of halogens is 1. The predicted octanol–water partition coefficient (Wildman–Crippen LogP) is 3.50. The lowest BCUT2D eigenvalue weighted by atomic mass is 10.0.